The van der Waals surface area contributed by atoms with Gasteiger partial charge >= 0.3 is 5.97 Å². The highest BCUT2D eigenvalue weighted by molar-refractivity contribution is 5.98. The molecule has 0 aliphatic carbocycles. The Balaban J connectivity index is 2.03. The number of aryl methyl sites for hydroxylation is 2. The molecule has 7 heteroatoms. The summed E-state index contributed by atoms with van der Waals surface area (Å²) in [6, 6.07) is 6.93. The van der Waals surface area contributed by atoms with Gasteiger partial charge in [-0.3, -0.25) is 9.48 Å². The molecule has 1 aromatic carbocycles. The summed E-state index contributed by atoms with van der Waals surface area (Å²) in [5.41, 5.74) is 3.41. The maximum atomic E-state index is 12.3. The van der Waals surface area contributed by atoms with Crippen LogP contribution in [0.3, 0.4) is 0 Å². The molecule has 0 saturated carbocycles. The summed E-state index contributed by atoms with van der Waals surface area (Å²) in [7, 11) is 3.38. The molecular weight excluding hydrogens is 322 g/mol. The summed E-state index contributed by atoms with van der Waals surface area (Å²) in [5.74, 6) is -0.958. The van der Waals surface area contributed by atoms with Crippen LogP contribution >= 0.6 is 0 Å². The Bertz CT molecular complexity index is 783. The molecule has 7 nitrogen and oxygen atoms in total. The lowest BCUT2D eigenvalue weighted by molar-refractivity contribution is -0.123. The van der Waals surface area contributed by atoms with Gasteiger partial charge in [0.25, 0.3) is 5.91 Å². The van der Waals surface area contributed by atoms with Gasteiger partial charge in [0.15, 0.2) is 6.10 Å². The second-order valence-corrected chi connectivity index (χ2v) is 5.84. The Hall–Kier alpha value is -2.67. The highest BCUT2D eigenvalue weighted by Crippen LogP contribution is 2.19. The van der Waals surface area contributed by atoms with Crippen molar-refractivity contribution in [3.05, 3.63) is 46.8 Å². The zero-order valence-corrected chi connectivity index (χ0v) is 15.1. The maximum absolute atomic E-state index is 12.3. The fourth-order valence-electron chi connectivity index (χ4n) is 2.42. The van der Waals surface area contributed by atoms with E-state index in [2.05, 4.69) is 10.4 Å². The van der Waals surface area contributed by atoms with Crippen molar-refractivity contribution in [1.82, 2.24) is 9.78 Å². The topological polar surface area (TPSA) is 82.4 Å². The number of nitrogens with zero attached hydrogens (tertiary/aromatic N) is 2. The Morgan fingerprint density at radius 1 is 1.32 bits per heavy atom. The Morgan fingerprint density at radius 2 is 2.04 bits per heavy atom. The van der Waals surface area contributed by atoms with Gasteiger partial charge in [-0.15, -0.1) is 0 Å². The molecule has 1 aromatic heterocycles. The van der Waals surface area contributed by atoms with Crippen molar-refractivity contribution in [2.45, 2.75) is 33.5 Å². The maximum Gasteiger partial charge on any atom is 0.338 e. The number of ether oxygens (including phenoxy) is 2. The van der Waals surface area contributed by atoms with Crippen LogP contribution in [-0.2, 0) is 27.9 Å². The third kappa shape index (κ3) is 4.45. The van der Waals surface area contributed by atoms with E-state index in [0.717, 1.165) is 11.3 Å². The van der Waals surface area contributed by atoms with Crippen LogP contribution in [0.15, 0.2) is 24.3 Å². The number of hydrogen-bond acceptors (Lipinski definition) is 5. The molecule has 0 unspecified atom stereocenters. The molecule has 0 aliphatic heterocycles. The van der Waals surface area contributed by atoms with E-state index in [-0.39, 0.29) is 0 Å². The van der Waals surface area contributed by atoms with Crippen LogP contribution in [0.2, 0.25) is 0 Å². The number of benzene rings is 1. The average molecular weight is 345 g/mol. The molecule has 134 valence electrons. The van der Waals surface area contributed by atoms with E-state index in [1.165, 1.54) is 6.92 Å². The van der Waals surface area contributed by atoms with Crippen molar-refractivity contribution in [3.8, 4) is 0 Å². The van der Waals surface area contributed by atoms with Crippen LogP contribution in [0.4, 0.5) is 5.69 Å². The van der Waals surface area contributed by atoms with Gasteiger partial charge in [0.1, 0.15) is 0 Å². The number of rotatable bonds is 6. The van der Waals surface area contributed by atoms with Crippen molar-refractivity contribution in [3.63, 3.8) is 0 Å². The molecule has 0 fully saturated rings. The first-order chi connectivity index (χ1) is 11.8. The van der Waals surface area contributed by atoms with Crippen LogP contribution in [0.5, 0.6) is 0 Å². The summed E-state index contributed by atoms with van der Waals surface area (Å²) < 4.78 is 12.0. The van der Waals surface area contributed by atoms with Crippen LogP contribution < -0.4 is 5.32 Å². The molecule has 2 rings (SSSR count). The van der Waals surface area contributed by atoms with Crippen LogP contribution in [0.1, 0.15) is 34.2 Å². The van der Waals surface area contributed by atoms with Gasteiger partial charge in [-0.1, -0.05) is 12.1 Å². The third-order valence-corrected chi connectivity index (χ3v) is 3.88. The highest BCUT2D eigenvalue weighted by atomic mass is 16.5. The zero-order chi connectivity index (χ0) is 18.6. The van der Waals surface area contributed by atoms with Crippen molar-refractivity contribution in [1.29, 1.82) is 0 Å². The minimum Gasteiger partial charge on any atom is -0.449 e. The second kappa shape index (κ2) is 7.94. The van der Waals surface area contributed by atoms with E-state index in [1.54, 1.807) is 44.0 Å². The molecule has 1 N–H and O–H groups in total. The summed E-state index contributed by atoms with van der Waals surface area (Å²) in [6.45, 7) is 5.60. The van der Waals surface area contributed by atoms with Crippen LogP contribution in [0, 0.1) is 13.8 Å². The van der Waals surface area contributed by atoms with E-state index in [0.29, 0.717) is 23.6 Å². The number of anilines is 1. The SMILES string of the molecule is COCc1cccc(C(=O)O[C@@H](C)C(=O)Nc2c(C)nn(C)c2C)c1. The quantitative estimate of drug-likeness (QED) is 0.813. The standard InChI is InChI=1S/C18H23N3O4/c1-11-16(12(2)21(4)20-11)19-17(22)13(3)25-18(23)15-8-6-7-14(9-15)10-24-5/h6-9,13H,10H2,1-5H3,(H,19,22)/t13-/m0/s1. The number of esters is 1. The summed E-state index contributed by atoms with van der Waals surface area (Å²) in [6.07, 6.45) is -0.933. The molecule has 1 atom stereocenters. The fraction of sp³-hybridized carbons (Fsp3) is 0.389. The van der Waals surface area contributed by atoms with Crippen molar-refractivity contribution >= 4 is 17.6 Å². The normalized spacial score (nSPS) is 11.9. The number of hydrogen-bond donors (Lipinski definition) is 1. The van der Waals surface area contributed by atoms with E-state index < -0.39 is 18.0 Å². The average Bonchev–Trinajstić information content (AvgIpc) is 2.81. The first-order valence-corrected chi connectivity index (χ1v) is 7.93. The van der Waals surface area contributed by atoms with E-state index >= 15 is 0 Å². The molecule has 2 aromatic rings. The fourth-order valence-corrected chi connectivity index (χ4v) is 2.42. The molecule has 0 saturated heterocycles. The Morgan fingerprint density at radius 3 is 2.64 bits per heavy atom. The molecular formula is C18H23N3O4. The minimum atomic E-state index is -0.933. The lowest BCUT2D eigenvalue weighted by Gasteiger charge is -2.14. The molecule has 1 amide bonds. The monoisotopic (exact) mass is 345 g/mol. The highest BCUT2D eigenvalue weighted by Gasteiger charge is 2.21. The van der Waals surface area contributed by atoms with E-state index in [9.17, 15) is 9.59 Å². The van der Waals surface area contributed by atoms with Crippen LogP contribution in [0.25, 0.3) is 0 Å². The molecule has 1 heterocycles. The van der Waals surface area contributed by atoms with E-state index in [4.69, 9.17) is 9.47 Å². The number of nitrogens with one attached hydrogen (secondary N) is 1. The molecule has 0 aliphatic rings. The van der Waals surface area contributed by atoms with Crippen molar-refractivity contribution < 1.29 is 19.1 Å². The lowest BCUT2D eigenvalue weighted by Crippen LogP contribution is -2.30. The Labute approximate surface area is 146 Å². The molecule has 0 radical (unpaired) electrons. The lowest BCUT2D eigenvalue weighted by atomic mass is 10.1. The smallest absolute Gasteiger partial charge is 0.338 e. The van der Waals surface area contributed by atoms with Gasteiger partial charge in [-0.2, -0.15) is 5.10 Å². The van der Waals surface area contributed by atoms with E-state index in [1.807, 2.05) is 13.0 Å². The Kier molecular flexibility index (Phi) is 5.93. The number of carbonyl (C=O) groups excluding carboxylic acids is 2. The first-order valence-electron chi connectivity index (χ1n) is 7.93. The van der Waals surface area contributed by atoms with Gasteiger partial charge < -0.3 is 14.8 Å². The van der Waals surface area contributed by atoms with Gasteiger partial charge in [-0.05, 0) is 38.5 Å². The summed E-state index contributed by atoms with van der Waals surface area (Å²) in [4.78, 5) is 24.6. The summed E-state index contributed by atoms with van der Waals surface area (Å²) >= 11 is 0. The van der Waals surface area contributed by atoms with Crippen LogP contribution in [-0.4, -0.2) is 34.9 Å². The zero-order valence-electron chi connectivity index (χ0n) is 15.1. The molecule has 0 bridgehead atoms. The number of carbonyl (C=O) groups is 2. The predicted molar refractivity (Wildman–Crippen MR) is 93.3 cm³/mol. The molecule has 0 spiro atoms. The van der Waals surface area contributed by atoms with Gasteiger partial charge in [0, 0.05) is 14.2 Å². The van der Waals surface area contributed by atoms with Crippen molar-refractivity contribution in [2.24, 2.45) is 7.05 Å². The van der Waals surface area contributed by atoms with Gasteiger partial charge in [0.05, 0.1) is 29.2 Å². The first kappa shape index (κ1) is 18.7. The molecule has 25 heavy (non-hydrogen) atoms. The minimum absolute atomic E-state index is 0.378. The second-order valence-electron chi connectivity index (χ2n) is 5.84. The van der Waals surface area contributed by atoms with Crippen molar-refractivity contribution in [2.75, 3.05) is 12.4 Å². The van der Waals surface area contributed by atoms with Gasteiger partial charge in [-0.25, -0.2) is 4.79 Å². The van der Waals surface area contributed by atoms with Gasteiger partial charge in [0.2, 0.25) is 0 Å². The summed E-state index contributed by atoms with van der Waals surface area (Å²) in [5, 5.41) is 7.01. The largest absolute Gasteiger partial charge is 0.449 e. The third-order valence-electron chi connectivity index (χ3n) is 3.88. The number of aromatic nitrogens is 2. The number of amides is 1. The predicted octanol–water partition coefficient (Wildman–Crippen LogP) is 2.37. The number of methoxy groups -OCH3 is 1.